The number of hydrogen-bond acceptors (Lipinski definition) is 2. The lowest BCUT2D eigenvalue weighted by Gasteiger charge is -2.32. The molecular formula is C9H13NO2. The van der Waals surface area contributed by atoms with Crippen molar-refractivity contribution in [3.05, 3.63) is 0 Å². The van der Waals surface area contributed by atoms with Crippen LogP contribution in [0.25, 0.3) is 0 Å². The van der Waals surface area contributed by atoms with Gasteiger partial charge in [0.25, 0.3) is 0 Å². The van der Waals surface area contributed by atoms with Crippen LogP contribution in [0, 0.1) is 0 Å². The van der Waals surface area contributed by atoms with E-state index in [0.29, 0.717) is 12.8 Å². The molecule has 0 bridgehead atoms. The van der Waals surface area contributed by atoms with E-state index in [-0.39, 0.29) is 11.7 Å². The summed E-state index contributed by atoms with van der Waals surface area (Å²) in [5.74, 6) is 0.298. The summed E-state index contributed by atoms with van der Waals surface area (Å²) in [4.78, 5) is 22.6. The predicted octanol–water partition coefficient (Wildman–Crippen LogP) is 0.778. The molecule has 1 N–H and O–H groups in total. The van der Waals surface area contributed by atoms with E-state index in [1.54, 1.807) is 0 Å². The van der Waals surface area contributed by atoms with E-state index < -0.39 is 5.54 Å². The number of rotatable bonds is 0. The van der Waals surface area contributed by atoms with E-state index in [0.717, 1.165) is 25.7 Å². The van der Waals surface area contributed by atoms with E-state index in [1.807, 2.05) is 0 Å². The highest BCUT2D eigenvalue weighted by Crippen LogP contribution is 2.33. The molecule has 12 heavy (non-hydrogen) atoms. The van der Waals surface area contributed by atoms with Crippen molar-refractivity contribution in [2.75, 3.05) is 0 Å². The number of hydrogen-bond donors (Lipinski definition) is 1. The van der Waals surface area contributed by atoms with Crippen molar-refractivity contribution < 1.29 is 9.59 Å². The summed E-state index contributed by atoms with van der Waals surface area (Å²) in [5.41, 5.74) is -0.435. The van der Waals surface area contributed by atoms with Crippen LogP contribution in [0.1, 0.15) is 38.5 Å². The van der Waals surface area contributed by atoms with Gasteiger partial charge in [0.05, 0.1) is 5.54 Å². The fourth-order valence-electron chi connectivity index (χ4n) is 2.27. The largest absolute Gasteiger partial charge is 0.344 e. The third-order valence-corrected chi connectivity index (χ3v) is 2.93. The number of ketones is 1. The Morgan fingerprint density at radius 2 is 1.75 bits per heavy atom. The third kappa shape index (κ3) is 1.04. The first-order chi connectivity index (χ1) is 5.73. The lowest BCUT2D eigenvalue weighted by molar-refractivity contribution is -0.133. The Morgan fingerprint density at radius 1 is 1.08 bits per heavy atom. The Balaban J connectivity index is 2.18. The van der Waals surface area contributed by atoms with Crippen LogP contribution in [0.4, 0.5) is 0 Å². The van der Waals surface area contributed by atoms with Crippen LogP contribution in [0.5, 0.6) is 0 Å². The summed E-state index contributed by atoms with van der Waals surface area (Å²) in [6.07, 6.45) is 4.78. The second-order valence-corrected chi connectivity index (χ2v) is 3.76. The number of amides is 1. The second-order valence-electron chi connectivity index (χ2n) is 3.76. The third-order valence-electron chi connectivity index (χ3n) is 2.93. The van der Waals surface area contributed by atoms with Crippen LogP contribution >= 0.6 is 0 Å². The highest BCUT2D eigenvalue weighted by Gasteiger charge is 2.44. The summed E-state index contributed by atoms with van der Waals surface area (Å²) in [6.45, 7) is 0. The molecule has 1 aliphatic carbocycles. The van der Waals surface area contributed by atoms with Crippen LogP contribution in [0.2, 0.25) is 0 Å². The van der Waals surface area contributed by atoms with Gasteiger partial charge in [0.2, 0.25) is 5.91 Å². The number of carbonyl (C=O) groups excluding carboxylic acids is 2. The SMILES string of the molecule is O=C1CCC[C@@]2(CCCC2=O)N1. The fraction of sp³-hybridized carbons (Fsp3) is 0.778. The van der Waals surface area contributed by atoms with Crippen molar-refractivity contribution in [3.8, 4) is 0 Å². The Morgan fingerprint density at radius 3 is 2.25 bits per heavy atom. The molecule has 1 heterocycles. The minimum Gasteiger partial charge on any atom is -0.344 e. The summed E-state index contributed by atoms with van der Waals surface area (Å²) in [7, 11) is 0. The van der Waals surface area contributed by atoms with Gasteiger partial charge in [-0.1, -0.05) is 0 Å². The minimum absolute atomic E-state index is 0.0523. The summed E-state index contributed by atoms with van der Waals surface area (Å²) >= 11 is 0. The van der Waals surface area contributed by atoms with Crippen LogP contribution in [0.3, 0.4) is 0 Å². The van der Waals surface area contributed by atoms with Gasteiger partial charge in [0.1, 0.15) is 0 Å². The topological polar surface area (TPSA) is 46.2 Å². The smallest absolute Gasteiger partial charge is 0.220 e. The minimum atomic E-state index is -0.435. The number of piperidine rings is 1. The van der Waals surface area contributed by atoms with Crippen LogP contribution in [-0.4, -0.2) is 17.2 Å². The molecule has 2 aliphatic rings. The van der Waals surface area contributed by atoms with E-state index in [2.05, 4.69) is 5.32 Å². The molecule has 1 aliphatic heterocycles. The molecule has 2 fully saturated rings. The first-order valence-corrected chi connectivity index (χ1v) is 4.57. The number of carbonyl (C=O) groups is 2. The maximum Gasteiger partial charge on any atom is 0.220 e. The molecule has 0 aromatic carbocycles. The van der Waals surface area contributed by atoms with Gasteiger partial charge in [0.15, 0.2) is 5.78 Å². The predicted molar refractivity (Wildman–Crippen MR) is 43.6 cm³/mol. The molecule has 1 saturated heterocycles. The summed E-state index contributed by atoms with van der Waals surface area (Å²) < 4.78 is 0. The van der Waals surface area contributed by atoms with Crippen molar-refractivity contribution in [2.45, 2.75) is 44.1 Å². The average Bonchev–Trinajstić information content (AvgIpc) is 2.33. The molecule has 0 radical (unpaired) electrons. The fourth-order valence-corrected chi connectivity index (χ4v) is 2.27. The molecule has 1 spiro atoms. The zero-order chi connectivity index (χ0) is 8.60. The van der Waals surface area contributed by atoms with Crippen LogP contribution < -0.4 is 5.32 Å². The Kier molecular flexibility index (Phi) is 1.67. The lowest BCUT2D eigenvalue weighted by Crippen LogP contribution is -2.54. The van der Waals surface area contributed by atoms with Gasteiger partial charge in [-0.3, -0.25) is 9.59 Å². The van der Waals surface area contributed by atoms with E-state index in [4.69, 9.17) is 0 Å². The first-order valence-electron chi connectivity index (χ1n) is 4.57. The quantitative estimate of drug-likeness (QED) is 0.579. The van der Waals surface area contributed by atoms with Gasteiger partial charge >= 0.3 is 0 Å². The van der Waals surface area contributed by atoms with E-state index in [1.165, 1.54) is 0 Å². The van der Waals surface area contributed by atoms with E-state index >= 15 is 0 Å². The summed E-state index contributed by atoms with van der Waals surface area (Å²) in [6, 6.07) is 0. The molecule has 0 aromatic rings. The first kappa shape index (κ1) is 7.77. The van der Waals surface area contributed by atoms with Crippen molar-refractivity contribution in [3.63, 3.8) is 0 Å². The van der Waals surface area contributed by atoms with Crippen molar-refractivity contribution in [2.24, 2.45) is 0 Å². The maximum atomic E-state index is 11.5. The highest BCUT2D eigenvalue weighted by atomic mass is 16.2. The van der Waals surface area contributed by atoms with Crippen molar-refractivity contribution in [1.29, 1.82) is 0 Å². The normalized spacial score (nSPS) is 35.7. The van der Waals surface area contributed by atoms with Gasteiger partial charge in [-0.05, 0) is 25.7 Å². The molecule has 0 aromatic heterocycles. The average molecular weight is 167 g/mol. The Bertz CT molecular complexity index is 237. The van der Waals surface area contributed by atoms with Gasteiger partial charge in [-0.25, -0.2) is 0 Å². The lowest BCUT2D eigenvalue weighted by atomic mass is 9.86. The zero-order valence-corrected chi connectivity index (χ0v) is 7.06. The number of nitrogens with one attached hydrogen (secondary N) is 1. The van der Waals surface area contributed by atoms with Gasteiger partial charge in [-0.15, -0.1) is 0 Å². The molecule has 66 valence electrons. The molecule has 1 atom stereocenters. The molecule has 2 rings (SSSR count). The monoisotopic (exact) mass is 167 g/mol. The Hall–Kier alpha value is -0.860. The molecule has 3 nitrogen and oxygen atoms in total. The van der Waals surface area contributed by atoms with Gasteiger partial charge in [0, 0.05) is 12.8 Å². The molecule has 3 heteroatoms. The molecule has 1 saturated carbocycles. The van der Waals surface area contributed by atoms with Gasteiger partial charge in [-0.2, -0.15) is 0 Å². The van der Waals surface area contributed by atoms with Crippen LogP contribution in [0.15, 0.2) is 0 Å². The van der Waals surface area contributed by atoms with Crippen molar-refractivity contribution >= 4 is 11.7 Å². The molecule has 1 amide bonds. The highest BCUT2D eigenvalue weighted by molar-refractivity contribution is 5.95. The standard InChI is InChI=1S/C9H13NO2/c11-7-3-1-5-9(7)6-2-4-8(12)10-9/h1-6H2,(H,10,12)/t9-/m1/s1. The molecule has 0 unspecified atom stereocenters. The summed E-state index contributed by atoms with van der Waals surface area (Å²) in [5, 5.41) is 2.85. The van der Waals surface area contributed by atoms with Crippen molar-refractivity contribution in [1.82, 2.24) is 5.32 Å². The second kappa shape index (κ2) is 2.57. The molecular weight excluding hydrogens is 154 g/mol. The maximum absolute atomic E-state index is 11.5. The van der Waals surface area contributed by atoms with Crippen LogP contribution in [-0.2, 0) is 9.59 Å². The van der Waals surface area contributed by atoms with E-state index in [9.17, 15) is 9.59 Å². The zero-order valence-electron chi connectivity index (χ0n) is 7.06. The van der Waals surface area contributed by atoms with Gasteiger partial charge < -0.3 is 5.32 Å². The number of Topliss-reactive ketones (excluding diaryl/α,β-unsaturated/α-hetero) is 1. The Labute approximate surface area is 71.5 Å².